The molecule has 2 heterocycles. The molecule has 3 aromatic rings. The molecule has 0 bridgehead atoms. The Bertz CT molecular complexity index is 1100. The molecule has 154 valence electrons. The number of aryl methyl sites for hydroxylation is 1. The second-order valence-corrected chi connectivity index (χ2v) is 7.59. The summed E-state index contributed by atoms with van der Waals surface area (Å²) in [7, 11) is 0. The van der Waals surface area contributed by atoms with Gasteiger partial charge in [0, 0.05) is 22.8 Å². The molecule has 2 amide bonds. The van der Waals surface area contributed by atoms with E-state index in [2.05, 4.69) is 34.5 Å². The molecule has 4 rings (SSSR count). The highest BCUT2D eigenvalue weighted by atomic mass is 35.5. The van der Waals surface area contributed by atoms with Crippen LogP contribution in [0.1, 0.15) is 43.8 Å². The van der Waals surface area contributed by atoms with Crippen LogP contribution >= 0.6 is 11.6 Å². The third-order valence-electron chi connectivity index (χ3n) is 5.37. The van der Waals surface area contributed by atoms with Gasteiger partial charge in [-0.1, -0.05) is 60.1 Å². The van der Waals surface area contributed by atoms with E-state index in [-0.39, 0.29) is 6.03 Å². The normalized spacial score (nSPS) is 16.7. The zero-order valence-corrected chi connectivity index (χ0v) is 17.9. The number of halogens is 1. The van der Waals surface area contributed by atoms with Gasteiger partial charge in [0.2, 0.25) is 5.82 Å². The standard InChI is InChI=1S/C23H23ClN4O2/c1-4-15-9-11-16(12-10-15)21-26-22(30-27-21)19-14(3)28(5-2)23(29)25-20(19)17-7-6-8-18(24)13-17/h6-13,20H,4-5H2,1-3H3,(H,25,29). The molecule has 30 heavy (non-hydrogen) atoms. The van der Waals surface area contributed by atoms with E-state index in [0.29, 0.717) is 23.3 Å². The van der Waals surface area contributed by atoms with E-state index in [0.717, 1.165) is 28.8 Å². The van der Waals surface area contributed by atoms with Crippen LogP contribution in [0.2, 0.25) is 5.02 Å². The number of nitrogens with one attached hydrogen (secondary N) is 1. The third-order valence-corrected chi connectivity index (χ3v) is 5.61. The highest BCUT2D eigenvalue weighted by Crippen LogP contribution is 2.37. The van der Waals surface area contributed by atoms with Crippen molar-refractivity contribution in [3.05, 3.63) is 76.3 Å². The van der Waals surface area contributed by atoms with Crippen molar-refractivity contribution in [1.29, 1.82) is 0 Å². The van der Waals surface area contributed by atoms with E-state index in [1.807, 2.05) is 44.2 Å². The van der Waals surface area contributed by atoms with Crippen LogP contribution in [0.25, 0.3) is 17.0 Å². The predicted octanol–water partition coefficient (Wildman–Crippen LogP) is 5.47. The Morgan fingerprint density at radius 1 is 1.17 bits per heavy atom. The molecule has 7 heteroatoms. The minimum Gasteiger partial charge on any atom is -0.334 e. The van der Waals surface area contributed by atoms with Crippen molar-refractivity contribution < 1.29 is 9.32 Å². The van der Waals surface area contributed by atoms with Gasteiger partial charge in [-0.15, -0.1) is 0 Å². The van der Waals surface area contributed by atoms with Gasteiger partial charge in [0.05, 0.1) is 11.6 Å². The molecule has 0 saturated carbocycles. The fourth-order valence-electron chi connectivity index (χ4n) is 3.71. The molecule has 1 aromatic heterocycles. The number of nitrogens with zero attached hydrogens (tertiary/aromatic N) is 3. The van der Waals surface area contributed by atoms with Crippen molar-refractivity contribution in [2.45, 2.75) is 33.2 Å². The zero-order valence-electron chi connectivity index (χ0n) is 17.1. The van der Waals surface area contributed by atoms with E-state index in [9.17, 15) is 4.79 Å². The summed E-state index contributed by atoms with van der Waals surface area (Å²) in [4.78, 5) is 19.0. The van der Waals surface area contributed by atoms with Crippen LogP contribution in [0.15, 0.2) is 58.8 Å². The van der Waals surface area contributed by atoms with Gasteiger partial charge in [0.15, 0.2) is 0 Å². The Morgan fingerprint density at radius 3 is 2.60 bits per heavy atom. The predicted molar refractivity (Wildman–Crippen MR) is 117 cm³/mol. The maximum atomic E-state index is 12.6. The Morgan fingerprint density at radius 2 is 1.93 bits per heavy atom. The number of carbonyl (C=O) groups excluding carboxylic acids is 1. The number of benzene rings is 2. The third kappa shape index (κ3) is 3.71. The van der Waals surface area contributed by atoms with Gasteiger partial charge in [-0.2, -0.15) is 4.98 Å². The molecule has 1 atom stereocenters. The number of carbonyl (C=O) groups is 1. The molecule has 0 radical (unpaired) electrons. The van der Waals surface area contributed by atoms with Gasteiger partial charge in [-0.05, 0) is 43.5 Å². The molecule has 6 nitrogen and oxygen atoms in total. The van der Waals surface area contributed by atoms with Gasteiger partial charge < -0.3 is 9.84 Å². The first-order valence-electron chi connectivity index (χ1n) is 9.99. The second kappa shape index (κ2) is 8.32. The molecular formula is C23H23ClN4O2. The summed E-state index contributed by atoms with van der Waals surface area (Å²) in [5.74, 6) is 0.892. The van der Waals surface area contributed by atoms with Crippen molar-refractivity contribution in [3.8, 4) is 11.4 Å². The van der Waals surface area contributed by atoms with Gasteiger partial charge in [0.1, 0.15) is 0 Å². The molecule has 2 aromatic carbocycles. The van der Waals surface area contributed by atoms with E-state index in [1.165, 1.54) is 5.56 Å². The van der Waals surface area contributed by atoms with Crippen LogP contribution in [0.4, 0.5) is 4.79 Å². The molecule has 0 spiro atoms. The lowest BCUT2D eigenvalue weighted by atomic mass is 9.94. The average Bonchev–Trinajstić information content (AvgIpc) is 3.23. The Labute approximate surface area is 180 Å². The van der Waals surface area contributed by atoms with Crippen LogP contribution in [0.3, 0.4) is 0 Å². The number of hydrogen-bond acceptors (Lipinski definition) is 4. The number of urea groups is 1. The van der Waals surface area contributed by atoms with Crippen molar-refractivity contribution in [1.82, 2.24) is 20.4 Å². The number of hydrogen-bond donors (Lipinski definition) is 1. The summed E-state index contributed by atoms with van der Waals surface area (Å²) in [5, 5.41) is 7.83. The van der Waals surface area contributed by atoms with Crippen molar-refractivity contribution in [3.63, 3.8) is 0 Å². The smallest absolute Gasteiger partial charge is 0.322 e. The molecular weight excluding hydrogens is 400 g/mol. The number of aromatic nitrogens is 2. The maximum Gasteiger partial charge on any atom is 0.322 e. The van der Waals surface area contributed by atoms with Crippen molar-refractivity contribution in [2.75, 3.05) is 6.54 Å². The van der Waals surface area contributed by atoms with Gasteiger partial charge >= 0.3 is 6.03 Å². The first-order chi connectivity index (χ1) is 14.5. The van der Waals surface area contributed by atoms with Crippen LogP contribution in [0.5, 0.6) is 0 Å². The molecule has 1 unspecified atom stereocenters. The lowest BCUT2D eigenvalue weighted by Crippen LogP contribution is -2.45. The topological polar surface area (TPSA) is 71.3 Å². The van der Waals surface area contributed by atoms with Crippen LogP contribution < -0.4 is 5.32 Å². The van der Waals surface area contributed by atoms with E-state index in [4.69, 9.17) is 16.1 Å². The highest BCUT2D eigenvalue weighted by molar-refractivity contribution is 6.30. The van der Waals surface area contributed by atoms with Crippen LogP contribution in [-0.2, 0) is 6.42 Å². The molecule has 0 aliphatic carbocycles. The minimum atomic E-state index is -0.435. The number of rotatable bonds is 5. The quantitative estimate of drug-likeness (QED) is 0.591. The van der Waals surface area contributed by atoms with E-state index >= 15 is 0 Å². The summed E-state index contributed by atoms with van der Waals surface area (Å²) in [6.07, 6.45) is 0.970. The molecule has 1 aliphatic heterocycles. The Balaban J connectivity index is 1.79. The molecule has 0 fully saturated rings. The lowest BCUT2D eigenvalue weighted by Gasteiger charge is -2.34. The maximum absolute atomic E-state index is 12.6. The van der Waals surface area contributed by atoms with E-state index in [1.54, 1.807) is 11.0 Å². The summed E-state index contributed by atoms with van der Waals surface area (Å²) >= 11 is 6.20. The fourth-order valence-corrected chi connectivity index (χ4v) is 3.91. The Hall–Kier alpha value is -3.12. The zero-order chi connectivity index (χ0) is 21.3. The summed E-state index contributed by atoms with van der Waals surface area (Å²) in [6.45, 7) is 6.47. The lowest BCUT2D eigenvalue weighted by molar-refractivity contribution is 0.207. The largest absolute Gasteiger partial charge is 0.334 e. The minimum absolute atomic E-state index is 0.168. The van der Waals surface area contributed by atoms with Gasteiger partial charge in [0.25, 0.3) is 5.89 Å². The first-order valence-corrected chi connectivity index (χ1v) is 10.4. The number of amides is 2. The second-order valence-electron chi connectivity index (χ2n) is 7.15. The number of allylic oxidation sites excluding steroid dienone is 1. The van der Waals surface area contributed by atoms with Crippen LogP contribution in [0, 0.1) is 0 Å². The van der Waals surface area contributed by atoms with Crippen molar-refractivity contribution in [2.24, 2.45) is 0 Å². The Kier molecular flexibility index (Phi) is 5.59. The first kappa shape index (κ1) is 20.2. The average molecular weight is 423 g/mol. The van der Waals surface area contributed by atoms with Gasteiger partial charge in [-0.25, -0.2) is 4.79 Å². The summed E-state index contributed by atoms with van der Waals surface area (Å²) < 4.78 is 5.67. The summed E-state index contributed by atoms with van der Waals surface area (Å²) in [5.41, 5.74) is 4.53. The molecule has 1 aliphatic rings. The monoisotopic (exact) mass is 422 g/mol. The van der Waals surface area contributed by atoms with Gasteiger partial charge in [-0.3, -0.25) is 4.90 Å². The molecule has 1 N–H and O–H groups in total. The van der Waals surface area contributed by atoms with E-state index < -0.39 is 6.04 Å². The summed E-state index contributed by atoms with van der Waals surface area (Å²) in [6, 6.07) is 14.9. The molecule has 0 saturated heterocycles. The SMILES string of the molecule is CCc1ccc(-c2noc(C3=C(C)N(CC)C(=O)NC3c3cccc(Cl)c3)n2)cc1. The van der Waals surface area contributed by atoms with Crippen molar-refractivity contribution >= 4 is 23.2 Å². The fraction of sp³-hybridized carbons (Fsp3) is 0.261. The van der Waals surface area contributed by atoms with Crippen LogP contribution in [-0.4, -0.2) is 27.6 Å². The highest BCUT2D eigenvalue weighted by Gasteiger charge is 2.35.